The second-order valence-electron chi connectivity index (χ2n) is 9.87. The van der Waals surface area contributed by atoms with Crippen LogP contribution in [0.1, 0.15) is 27.0 Å². The van der Waals surface area contributed by atoms with E-state index < -0.39 is 67.6 Å². The third-order valence-corrected chi connectivity index (χ3v) is 8.85. The number of anilines is 1. The molecule has 4 N–H and O–H groups in total. The Morgan fingerprint density at radius 3 is 2.60 bits per heavy atom. The van der Waals surface area contributed by atoms with E-state index in [1.54, 1.807) is 44.2 Å². The molecule has 4 rings (SSSR count). The van der Waals surface area contributed by atoms with Crippen molar-refractivity contribution in [3.05, 3.63) is 65.2 Å². The number of esters is 1. The van der Waals surface area contributed by atoms with E-state index >= 15 is 4.39 Å². The van der Waals surface area contributed by atoms with Crippen molar-refractivity contribution in [2.24, 2.45) is 0 Å². The zero-order valence-corrected chi connectivity index (χ0v) is 24.4. The molecule has 0 amide bonds. The molecule has 1 aliphatic rings. The Labute approximate surface area is 244 Å². The molecule has 1 fully saturated rings. The van der Waals surface area contributed by atoms with Gasteiger partial charge in [0.1, 0.15) is 23.7 Å². The van der Waals surface area contributed by atoms with Crippen molar-refractivity contribution < 1.29 is 41.6 Å². The number of hydrogen-bond acceptors (Lipinski definition) is 10. The van der Waals surface area contributed by atoms with Gasteiger partial charge in [0.25, 0.3) is 6.43 Å². The van der Waals surface area contributed by atoms with Gasteiger partial charge in [-0.2, -0.15) is 4.98 Å². The number of carbonyl (C=O) groups is 1. The van der Waals surface area contributed by atoms with Crippen LogP contribution in [-0.4, -0.2) is 63.7 Å². The fourth-order valence-electron chi connectivity index (χ4n) is 4.29. The molecule has 0 aliphatic carbocycles. The SMILES string of the molecule is CC(C)OC(=O)C(C)NP(=S)(OCC1(C(F)F)OC(n2ccc(N)nc2=O)C(O)C1F)Oc1cccc2ccccc12. The van der Waals surface area contributed by atoms with Crippen molar-refractivity contribution in [1.29, 1.82) is 0 Å². The number of nitrogens with zero attached hydrogens (tertiary/aromatic N) is 2. The van der Waals surface area contributed by atoms with Gasteiger partial charge in [-0.05, 0) is 50.1 Å². The molecule has 1 aromatic heterocycles. The molecule has 228 valence electrons. The maximum Gasteiger partial charge on any atom is 0.351 e. The van der Waals surface area contributed by atoms with Crippen molar-refractivity contribution in [3.63, 3.8) is 0 Å². The van der Waals surface area contributed by atoms with Crippen LogP contribution in [0.15, 0.2) is 59.5 Å². The second-order valence-corrected chi connectivity index (χ2v) is 13.0. The maximum absolute atomic E-state index is 15.5. The molecule has 0 saturated carbocycles. The van der Waals surface area contributed by atoms with Gasteiger partial charge >= 0.3 is 18.3 Å². The van der Waals surface area contributed by atoms with Crippen LogP contribution in [0.5, 0.6) is 5.75 Å². The van der Waals surface area contributed by atoms with Crippen molar-refractivity contribution in [2.75, 3.05) is 12.3 Å². The molecule has 16 heteroatoms. The lowest BCUT2D eigenvalue weighted by Crippen LogP contribution is -2.51. The highest BCUT2D eigenvalue weighted by Gasteiger charge is 2.62. The zero-order valence-electron chi connectivity index (χ0n) is 22.7. The number of carbonyl (C=O) groups excluding carboxylic acids is 1. The smallest absolute Gasteiger partial charge is 0.351 e. The van der Waals surface area contributed by atoms with Gasteiger partial charge in [-0.15, -0.1) is 0 Å². The maximum atomic E-state index is 15.5. The van der Waals surface area contributed by atoms with E-state index in [0.717, 1.165) is 17.6 Å². The van der Waals surface area contributed by atoms with E-state index in [1.165, 1.54) is 6.92 Å². The Balaban J connectivity index is 1.67. The number of halogens is 3. The van der Waals surface area contributed by atoms with Crippen LogP contribution in [0.25, 0.3) is 10.8 Å². The van der Waals surface area contributed by atoms with Crippen LogP contribution >= 0.6 is 6.64 Å². The first-order chi connectivity index (χ1) is 19.8. The van der Waals surface area contributed by atoms with E-state index in [1.807, 2.05) is 12.1 Å². The van der Waals surface area contributed by atoms with Gasteiger partial charge in [0.15, 0.2) is 18.0 Å². The summed E-state index contributed by atoms with van der Waals surface area (Å²) >= 11 is 5.64. The third kappa shape index (κ3) is 6.61. The van der Waals surface area contributed by atoms with E-state index in [0.29, 0.717) is 9.95 Å². The summed E-state index contributed by atoms with van der Waals surface area (Å²) in [4.78, 5) is 28.3. The van der Waals surface area contributed by atoms with Crippen LogP contribution in [0.3, 0.4) is 0 Å². The Morgan fingerprint density at radius 1 is 1.24 bits per heavy atom. The van der Waals surface area contributed by atoms with E-state index in [2.05, 4.69) is 10.1 Å². The molecule has 2 heterocycles. The molecule has 3 aromatic rings. The number of fused-ring (bicyclic) bond motifs is 1. The van der Waals surface area contributed by atoms with Gasteiger partial charge in [0.2, 0.25) is 0 Å². The lowest BCUT2D eigenvalue weighted by molar-refractivity contribution is -0.182. The Morgan fingerprint density at radius 2 is 1.93 bits per heavy atom. The number of ether oxygens (including phenoxy) is 2. The summed E-state index contributed by atoms with van der Waals surface area (Å²) in [6.07, 6.45) is -9.83. The molecule has 2 aromatic carbocycles. The van der Waals surface area contributed by atoms with Crippen LogP contribution < -0.4 is 21.0 Å². The van der Waals surface area contributed by atoms with E-state index in [9.17, 15) is 23.5 Å². The van der Waals surface area contributed by atoms with Crippen LogP contribution in [-0.2, 0) is 30.6 Å². The molecule has 1 aliphatic heterocycles. The zero-order chi connectivity index (χ0) is 30.8. The molecule has 6 unspecified atom stereocenters. The normalized spacial score (nSPS) is 24.5. The number of nitrogens with two attached hydrogens (primary N) is 1. The molecule has 0 spiro atoms. The summed E-state index contributed by atoms with van der Waals surface area (Å²) in [5.74, 6) is -0.688. The monoisotopic (exact) mass is 630 g/mol. The molecule has 0 radical (unpaired) electrons. The second kappa shape index (κ2) is 12.7. The average Bonchev–Trinajstić information content (AvgIpc) is 3.18. The fourth-order valence-corrected chi connectivity index (χ4v) is 6.71. The Hall–Kier alpha value is -3.07. The fraction of sp³-hybridized carbons (Fsp3) is 0.423. The van der Waals surface area contributed by atoms with E-state index in [4.69, 9.17) is 36.1 Å². The predicted molar refractivity (Wildman–Crippen MR) is 151 cm³/mol. The standard InChI is InChI=1S/C26H30F3N4O7PS/c1-14(2)38-23(35)15(3)32-41(42,40-18-10-6-8-16-7-4-5-9-17(16)18)37-13-26(24(28)29)21(27)20(34)22(39-26)33-12-11-19(30)31-25(33)36/h4-12,14-15,20-22,24,34H,13H2,1-3H3,(H,32,42)(H2,30,31,36). The van der Waals surface area contributed by atoms with Gasteiger partial charge in [-0.1, -0.05) is 36.4 Å². The topological polar surface area (TPSA) is 147 Å². The molecule has 1 saturated heterocycles. The molecular formula is C26H30F3N4O7PS. The van der Waals surface area contributed by atoms with Crippen LogP contribution in [0.2, 0.25) is 0 Å². The number of nitrogens with one attached hydrogen (secondary N) is 1. The van der Waals surface area contributed by atoms with Crippen molar-refractivity contribution in [2.45, 2.75) is 63.4 Å². The lowest BCUT2D eigenvalue weighted by Gasteiger charge is -2.33. The van der Waals surface area contributed by atoms with Crippen LogP contribution in [0.4, 0.5) is 19.0 Å². The lowest BCUT2D eigenvalue weighted by atomic mass is 9.98. The number of benzene rings is 2. The molecule has 6 atom stereocenters. The van der Waals surface area contributed by atoms with Gasteiger partial charge in [0, 0.05) is 11.6 Å². The minimum absolute atomic E-state index is 0.175. The first kappa shape index (κ1) is 31.9. The van der Waals surface area contributed by atoms with Crippen molar-refractivity contribution >= 4 is 41.0 Å². The average molecular weight is 631 g/mol. The summed E-state index contributed by atoms with van der Waals surface area (Å²) < 4.78 is 67.6. The number of hydrogen-bond donors (Lipinski definition) is 3. The third-order valence-electron chi connectivity index (χ3n) is 6.38. The number of aromatic nitrogens is 2. The molecule has 42 heavy (non-hydrogen) atoms. The van der Waals surface area contributed by atoms with E-state index in [-0.39, 0.29) is 11.6 Å². The van der Waals surface area contributed by atoms with Crippen molar-refractivity contribution in [1.82, 2.24) is 14.6 Å². The van der Waals surface area contributed by atoms with Gasteiger partial charge in [0.05, 0.1) is 12.7 Å². The minimum atomic E-state index is -3.96. The van der Waals surface area contributed by atoms with Crippen LogP contribution in [0, 0.1) is 0 Å². The van der Waals surface area contributed by atoms with Gasteiger partial charge < -0.3 is 29.4 Å². The summed E-state index contributed by atoms with van der Waals surface area (Å²) in [6, 6.07) is 12.2. The highest BCUT2D eigenvalue weighted by atomic mass is 32.5. The van der Waals surface area contributed by atoms with Gasteiger partial charge in [-0.25, -0.2) is 23.1 Å². The Kier molecular flexibility index (Phi) is 9.60. The number of rotatable bonds is 11. The highest BCUT2D eigenvalue weighted by Crippen LogP contribution is 2.51. The Bertz CT molecular complexity index is 1540. The first-order valence-electron chi connectivity index (χ1n) is 12.8. The minimum Gasteiger partial charge on any atom is -0.462 e. The summed E-state index contributed by atoms with van der Waals surface area (Å²) in [5, 5.41) is 14.6. The molecular weight excluding hydrogens is 600 g/mol. The number of nitrogen functional groups attached to an aromatic ring is 1. The predicted octanol–water partition coefficient (Wildman–Crippen LogP) is 3.46. The highest BCUT2D eigenvalue weighted by molar-refractivity contribution is 8.09. The quantitative estimate of drug-likeness (QED) is 0.211. The molecule has 11 nitrogen and oxygen atoms in total. The van der Waals surface area contributed by atoms with Crippen molar-refractivity contribution in [3.8, 4) is 5.75 Å². The molecule has 0 bridgehead atoms. The number of aliphatic hydroxyl groups is 1. The van der Waals surface area contributed by atoms with Gasteiger partial charge in [-0.3, -0.25) is 9.36 Å². The summed E-state index contributed by atoms with van der Waals surface area (Å²) in [6.45, 7) is -0.502. The number of alkyl halides is 3. The first-order valence-corrected chi connectivity index (χ1v) is 15.4. The number of aliphatic hydroxyl groups excluding tert-OH is 1. The largest absolute Gasteiger partial charge is 0.462 e. The summed E-state index contributed by atoms with van der Waals surface area (Å²) in [5.41, 5.74) is 1.33. The summed E-state index contributed by atoms with van der Waals surface area (Å²) in [7, 11) is 0.